The lowest BCUT2D eigenvalue weighted by Crippen LogP contribution is -2.33. The molecule has 0 aromatic heterocycles. The van der Waals surface area contributed by atoms with Crippen LogP contribution in [0.3, 0.4) is 0 Å². The summed E-state index contributed by atoms with van der Waals surface area (Å²) in [6, 6.07) is 1.75. The van der Waals surface area contributed by atoms with Crippen LogP contribution in [0.5, 0.6) is 0 Å². The lowest BCUT2D eigenvalue weighted by atomic mass is 9.90. The smallest absolute Gasteiger partial charge is 0.252 e. The van der Waals surface area contributed by atoms with E-state index in [0.717, 1.165) is 0 Å². The van der Waals surface area contributed by atoms with Gasteiger partial charge >= 0.3 is 0 Å². The molecule has 0 N–H and O–H groups in total. The average Bonchev–Trinajstić information content (AvgIpc) is 2.16. The summed E-state index contributed by atoms with van der Waals surface area (Å²) in [5, 5.41) is 8.22. The topological polar surface area (TPSA) is 33.0 Å². The van der Waals surface area contributed by atoms with E-state index in [1.165, 1.54) is 0 Å². The number of rotatable bonds is 3. The fraction of sp³-hybridized carbons (Fsp3) is 0.889. The van der Waals surface area contributed by atoms with Crippen molar-refractivity contribution in [1.29, 1.82) is 5.26 Å². The van der Waals surface area contributed by atoms with Crippen LogP contribution in [0.25, 0.3) is 0 Å². The first-order valence-corrected chi connectivity index (χ1v) is 4.49. The Hall–Kier alpha value is -0.690. The molecule has 74 valence electrons. The summed E-state index contributed by atoms with van der Waals surface area (Å²) in [5.41, 5.74) is 0. The number of halogens is 2. The molecule has 2 nitrogen and oxygen atoms in total. The average molecular weight is 189 g/mol. The van der Waals surface area contributed by atoms with E-state index >= 15 is 0 Å². The summed E-state index contributed by atoms with van der Waals surface area (Å²) in [7, 11) is 0. The van der Waals surface area contributed by atoms with Crippen molar-refractivity contribution in [1.82, 2.24) is 0 Å². The third-order valence-electron chi connectivity index (χ3n) is 2.39. The summed E-state index contributed by atoms with van der Waals surface area (Å²) < 4.78 is 31.6. The van der Waals surface area contributed by atoms with Crippen LogP contribution in [0, 0.1) is 17.2 Å². The van der Waals surface area contributed by atoms with Gasteiger partial charge in [0.15, 0.2) is 0 Å². The molecular formula is C9H13F2NO. The number of nitriles is 1. The minimum absolute atomic E-state index is 0.0651. The van der Waals surface area contributed by atoms with Gasteiger partial charge in [0, 0.05) is 32.0 Å². The molecule has 0 bridgehead atoms. The van der Waals surface area contributed by atoms with Gasteiger partial charge in [-0.15, -0.1) is 0 Å². The van der Waals surface area contributed by atoms with Gasteiger partial charge in [0.25, 0.3) is 5.92 Å². The molecule has 0 radical (unpaired) electrons. The Morgan fingerprint density at radius 1 is 1.38 bits per heavy atom. The molecule has 0 aromatic carbocycles. The summed E-state index contributed by atoms with van der Waals surface area (Å²) >= 11 is 0. The van der Waals surface area contributed by atoms with E-state index in [1.807, 2.05) is 0 Å². The highest BCUT2D eigenvalue weighted by Crippen LogP contribution is 2.35. The standard InChI is InChI=1S/C9H13F2NO/c10-9(11,4-1-5-12)8-2-6-13-7-3-8/h8H,1-4,6-7H2. The van der Waals surface area contributed by atoms with Crippen molar-refractivity contribution >= 4 is 0 Å². The number of hydrogen-bond acceptors (Lipinski definition) is 2. The van der Waals surface area contributed by atoms with Crippen LogP contribution in [-0.2, 0) is 4.74 Å². The Labute approximate surface area is 76.5 Å². The van der Waals surface area contributed by atoms with Gasteiger partial charge in [-0.3, -0.25) is 0 Å². The Morgan fingerprint density at radius 2 is 2.00 bits per heavy atom. The lowest BCUT2D eigenvalue weighted by molar-refractivity contribution is -0.100. The van der Waals surface area contributed by atoms with Gasteiger partial charge in [-0.25, -0.2) is 8.78 Å². The first-order valence-electron chi connectivity index (χ1n) is 4.49. The van der Waals surface area contributed by atoms with Crippen molar-refractivity contribution in [3.05, 3.63) is 0 Å². The number of alkyl halides is 2. The van der Waals surface area contributed by atoms with Gasteiger partial charge in [0.2, 0.25) is 0 Å². The van der Waals surface area contributed by atoms with Gasteiger partial charge in [-0.2, -0.15) is 5.26 Å². The molecule has 1 rings (SSSR count). The molecule has 0 aromatic rings. The van der Waals surface area contributed by atoms with E-state index in [4.69, 9.17) is 10.00 Å². The molecule has 1 aliphatic heterocycles. The zero-order valence-electron chi connectivity index (χ0n) is 7.43. The highest BCUT2D eigenvalue weighted by molar-refractivity contribution is 4.83. The molecule has 0 saturated carbocycles. The molecule has 0 atom stereocenters. The van der Waals surface area contributed by atoms with Crippen LogP contribution in [0.4, 0.5) is 8.78 Å². The van der Waals surface area contributed by atoms with E-state index in [-0.39, 0.29) is 12.8 Å². The van der Waals surface area contributed by atoms with Crippen molar-refractivity contribution < 1.29 is 13.5 Å². The molecule has 1 fully saturated rings. The first-order chi connectivity index (χ1) is 6.17. The molecule has 1 aliphatic rings. The van der Waals surface area contributed by atoms with E-state index in [9.17, 15) is 8.78 Å². The van der Waals surface area contributed by atoms with Crippen LogP contribution < -0.4 is 0 Å². The fourth-order valence-electron chi connectivity index (χ4n) is 1.55. The maximum absolute atomic E-state index is 13.3. The summed E-state index contributed by atoms with van der Waals surface area (Å²) in [5.74, 6) is -3.27. The van der Waals surface area contributed by atoms with Crippen LogP contribution >= 0.6 is 0 Å². The van der Waals surface area contributed by atoms with E-state index in [2.05, 4.69) is 0 Å². The molecule has 0 spiro atoms. The second kappa shape index (κ2) is 4.52. The second-order valence-corrected chi connectivity index (χ2v) is 3.31. The van der Waals surface area contributed by atoms with Crippen LogP contribution in [-0.4, -0.2) is 19.1 Å². The minimum Gasteiger partial charge on any atom is -0.381 e. The molecule has 0 amide bonds. The van der Waals surface area contributed by atoms with Crippen LogP contribution in [0.2, 0.25) is 0 Å². The van der Waals surface area contributed by atoms with Crippen molar-refractivity contribution in [2.24, 2.45) is 5.92 Å². The zero-order chi connectivity index (χ0) is 9.73. The zero-order valence-corrected chi connectivity index (χ0v) is 7.43. The van der Waals surface area contributed by atoms with E-state index < -0.39 is 11.8 Å². The largest absolute Gasteiger partial charge is 0.381 e. The number of ether oxygens (including phenoxy) is 1. The highest BCUT2D eigenvalue weighted by Gasteiger charge is 2.39. The minimum atomic E-state index is -2.68. The highest BCUT2D eigenvalue weighted by atomic mass is 19.3. The van der Waals surface area contributed by atoms with Crippen LogP contribution in [0.15, 0.2) is 0 Å². The lowest BCUT2D eigenvalue weighted by Gasteiger charge is -2.29. The molecule has 13 heavy (non-hydrogen) atoms. The maximum atomic E-state index is 13.3. The molecular weight excluding hydrogens is 176 g/mol. The summed E-state index contributed by atoms with van der Waals surface area (Å²) in [6.45, 7) is 0.847. The van der Waals surface area contributed by atoms with E-state index in [0.29, 0.717) is 26.1 Å². The quantitative estimate of drug-likeness (QED) is 0.682. The monoisotopic (exact) mass is 189 g/mol. The van der Waals surface area contributed by atoms with Gasteiger partial charge in [0.05, 0.1) is 6.07 Å². The fourth-order valence-corrected chi connectivity index (χ4v) is 1.55. The maximum Gasteiger partial charge on any atom is 0.252 e. The Balaban J connectivity index is 2.42. The van der Waals surface area contributed by atoms with Crippen molar-refractivity contribution in [3.63, 3.8) is 0 Å². The molecule has 4 heteroatoms. The SMILES string of the molecule is N#CCCC(F)(F)C1CCOCC1. The predicted molar refractivity (Wildman–Crippen MR) is 43.3 cm³/mol. The normalized spacial score (nSPS) is 19.8. The van der Waals surface area contributed by atoms with Gasteiger partial charge in [0.1, 0.15) is 0 Å². The van der Waals surface area contributed by atoms with Gasteiger partial charge in [-0.05, 0) is 12.8 Å². The van der Waals surface area contributed by atoms with Crippen molar-refractivity contribution in [2.75, 3.05) is 13.2 Å². The second-order valence-electron chi connectivity index (χ2n) is 3.31. The first kappa shape index (κ1) is 10.4. The Morgan fingerprint density at radius 3 is 2.54 bits per heavy atom. The van der Waals surface area contributed by atoms with Gasteiger partial charge < -0.3 is 4.74 Å². The summed E-state index contributed by atoms with van der Waals surface area (Å²) in [6.07, 6.45) is 0.454. The predicted octanol–water partition coefficient (Wildman–Crippen LogP) is 2.35. The third-order valence-corrected chi connectivity index (χ3v) is 2.39. The van der Waals surface area contributed by atoms with Crippen LogP contribution in [0.1, 0.15) is 25.7 Å². The third kappa shape index (κ3) is 2.92. The Kier molecular flexibility index (Phi) is 3.61. The molecule has 1 heterocycles. The van der Waals surface area contributed by atoms with Gasteiger partial charge in [-0.1, -0.05) is 0 Å². The van der Waals surface area contributed by atoms with Crippen molar-refractivity contribution in [3.8, 4) is 6.07 Å². The van der Waals surface area contributed by atoms with Crippen molar-refractivity contribution in [2.45, 2.75) is 31.6 Å². The number of hydrogen-bond donors (Lipinski definition) is 0. The molecule has 0 unspecified atom stereocenters. The summed E-state index contributed by atoms with van der Waals surface area (Å²) in [4.78, 5) is 0. The molecule has 0 aliphatic carbocycles. The Bertz CT molecular complexity index is 194. The number of nitrogens with zero attached hydrogens (tertiary/aromatic N) is 1. The van der Waals surface area contributed by atoms with E-state index in [1.54, 1.807) is 6.07 Å². The molecule has 1 saturated heterocycles.